The van der Waals surface area contributed by atoms with Gasteiger partial charge in [0.05, 0.1) is 11.5 Å². The molecule has 0 aromatic carbocycles. The van der Waals surface area contributed by atoms with E-state index in [4.69, 9.17) is 0 Å². The van der Waals surface area contributed by atoms with E-state index in [2.05, 4.69) is 24.8 Å². The maximum absolute atomic E-state index is 9.71. The van der Waals surface area contributed by atoms with Gasteiger partial charge in [0.1, 0.15) is 0 Å². The molecule has 0 unspecified atom stereocenters. The Hall–Kier alpha value is -0.550. The first-order chi connectivity index (χ1) is 11.7. The van der Waals surface area contributed by atoms with E-state index in [1.54, 1.807) is 0 Å². The second-order valence-corrected chi connectivity index (χ2v) is 8.56. The standard InChI is InChI=1S/C22H40N2/c1-3-5-7-9-20-12-17-24(18-13-20)21-10-15-22(19-23,16-11-21)14-8-6-4-2/h20-21H,3-18H2,1-2H3/t21-,22-. The molecule has 0 N–H and O–H groups in total. The summed E-state index contributed by atoms with van der Waals surface area (Å²) in [5, 5.41) is 9.71. The van der Waals surface area contributed by atoms with Crippen molar-refractivity contribution in [3.05, 3.63) is 0 Å². The Kier molecular flexibility index (Phi) is 8.60. The van der Waals surface area contributed by atoms with Gasteiger partial charge in [-0.05, 0) is 64.0 Å². The first-order valence-electron chi connectivity index (χ1n) is 10.9. The van der Waals surface area contributed by atoms with Crippen molar-refractivity contribution >= 4 is 0 Å². The van der Waals surface area contributed by atoms with Crippen LogP contribution in [-0.2, 0) is 0 Å². The van der Waals surface area contributed by atoms with Gasteiger partial charge in [-0.1, -0.05) is 58.8 Å². The Morgan fingerprint density at radius 1 is 0.917 bits per heavy atom. The molecule has 0 aromatic heterocycles. The molecule has 0 bridgehead atoms. The van der Waals surface area contributed by atoms with Crippen molar-refractivity contribution in [1.82, 2.24) is 4.90 Å². The van der Waals surface area contributed by atoms with Crippen molar-refractivity contribution in [3.8, 4) is 6.07 Å². The molecule has 2 fully saturated rings. The first-order valence-corrected chi connectivity index (χ1v) is 10.9. The minimum Gasteiger partial charge on any atom is -0.300 e. The Morgan fingerprint density at radius 2 is 1.54 bits per heavy atom. The number of piperidine rings is 1. The van der Waals surface area contributed by atoms with Gasteiger partial charge in [-0.3, -0.25) is 0 Å². The summed E-state index contributed by atoms with van der Waals surface area (Å²) in [7, 11) is 0. The van der Waals surface area contributed by atoms with Crippen LogP contribution in [0.3, 0.4) is 0 Å². The lowest BCUT2D eigenvalue weighted by atomic mass is 9.70. The van der Waals surface area contributed by atoms with Crippen LogP contribution in [0.1, 0.15) is 104 Å². The molecule has 138 valence electrons. The van der Waals surface area contributed by atoms with E-state index in [-0.39, 0.29) is 5.41 Å². The number of nitriles is 1. The average Bonchev–Trinajstić information content (AvgIpc) is 2.63. The Balaban J connectivity index is 1.70. The smallest absolute Gasteiger partial charge is 0.0689 e. The third-order valence-electron chi connectivity index (χ3n) is 6.79. The second kappa shape index (κ2) is 10.4. The van der Waals surface area contributed by atoms with Crippen molar-refractivity contribution < 1.29 is 0 Å². The van der Waals surface area contributed by atoms with E-state index in [1.165, 1.54) is 83.7 Å². The van der Waals surface area contributed by atoms with Crippen LogP contribution in [0.2, 0.25) is 0 Å². The maximum Gasteiger partial charge on any atom is 0.0689 e. The lowest BCUT2D eigenvalue weighted by Crippen LogP contribution is -2.44. The van der Waals surface area contributed by atoms with Crippen molar-refractivity contribution in [2.75, 3.05) is 13.1 Å². The lowest BCUT2D eigenvalue weighted by Gasteiger charge is -2.43. The lowest BCUT2D eigenvalue weighted by molar-refractivity contribution is 0.0755. The minimum atomic E-state index is 0.0180. The van der Waals surface area contributed by atoms with Gasteiger partial charge in [-0.2, -0.15) is 5.26 Å². The summed E-state index contributed by atoms with van der Waals surface area (Å²) in [5.41, 5.74) is 0.0180. The number of hydrogen-bond donors (Lipinski definition) is 0. The van der Waals surface area contributed by atoms with Crippen molar-refractivity contribution in [1.29, 1.82) is 5.26 Å². The van der Waals surface area contributed by atoms with Crippen LogP contribution in [0.25, 0.3) is 0 Å². The molecule has 2 rings (SSSR count). The highest BCUT2D eigenvalue weighted by Crippen LogP contribution is 2.42. The van der Waals surface area contributed by atoms with Crippen LogP contribution in [0.4, 0.5) is 0 Å². The van der Waals surface area contributed by atoms with E-state index < -0.39 is 0 Å². The quantitative estimate of drug-likeness (QED) is 0.462. The largest absolute Gasteiger partial charge is 0.300 e. The van der Waals surface area contributed by atoms with Crippen molar-refractivity contribution in [2.24, 2.45) is 11.3 Å². The number of rotatable bonds is 9. The van der Waals surface area contributed by atoms with Crippen LogP contribution < -0.4 is 0 Å². The SMILES string of the molecule is CCCCCC1CCN([C@H]2CC[C@@](C#N)(CCCCC)CC2)CC1. The molecular formula is C22H40N2. The number of hydrogen-bond acceptors (Lipinski definition) is 2. The summed E-state index contributed by atoms with van der Waals surface area (Å²) in [5.74, 6) is 0.989. The highest BCUT2D eigenvalue weighted by molar-refractivity contribution is 5.03. The molecule has 1 aliphatic heterocycles. The zero-order valence-corrected chi connectivity index (χ0v) is 16.4. The Labute approximate surface area is 151 Å². The molecule has 2 aliphatic rings. The molecule has 0 atom stereocenters. The van der Waals surface area contributed by atoms with Gasteiger partial charge in [-0.15, -0.1) is 0 Å². The third-order valence-corrected chi connectivity index (χ3v) is 6.79. The van der Waals surface area contributed by atoms with Crippen LogP contribution >= 0.6 is 0 Å². The van der Waals surface area contributed by atoms with Crippen LogP contribution in [0.5, 0.6) is 0 Å². The van der Waals surface area contributed by atoms with Gasteiger partial charge in [0, 0.05) is 6.04 Å². The Bertz CT molecular complexity index is 368. The summed E-state index contributed by atoms with van der Waals surface area (Å²) in [4.78, 5) is 2.77. The second-order valence-electron chi connectivity index (χ2n) is 8.56. The average molecular weight is 333 g/mol. The molecule has 2 heteroatoms. The maximum atomic E-state index is 9.71. The molecule has 24 heavy (non-hydrogen) atoms. The highest BCUT2D eigenvalue weighted by Gasteiger charge is 2.37. The fraction of sp³-hybridized carbons (Fsp3) is 0.955. The predicted molar refractivity (Wildman–Crippen MR) is 103 cm³/mol. The van der Waals surface area contributed by atoms with E-state index >= 15 is 0 Å². The van der Waals surface area contributed by atoms with Gasteiger partial charge < -0.3 is 4.90 Å². The van der Waals surface area contributed by atoms with Gasteiger partial charge >= 0.3 is 0 Å². The summed E-state index contributed by atoms with van der Waals surface area (Å²) < 4.78 is 0. The zero-order valence-electron chi connectivity index (χ0n) is 16.4. The molecule has 1 saturated heterocycles. The van der Waals surface area contributed by atoms with E-state index in [1.807, 2.05) is 0 Å². The van der Waals surface area contributed by atoms with E-state index in [0.29, 0.717) is 0 Å². The summed E-state index contributed by atoms with van der Waals surface area (Å²) >= 11 is 0. The Morgan fingerprint density at radius 3 is 2.12 bits per heavy atom. The first kappa shape index (κ1) is 19.8. The topological polar surface area (TPSA) is 27.0 Å². The molecule has 0 aromatic rings. The van der Waals surface area contributed by atoms with Gasteiger partial charge in [0.2, 0.25) is 0 Å². The fourth-order valence-corrected chi connectivity index (χ4v) is 4.94. The molecule has 2 nitrogen and oxygen atoms in total. The number of likely N-dealkylation sites (tertiary alicyclic amines) is 1. The minimum absolute atomic E-state index is 0.0180. The fourth-order valence-electron chi connectivity index (χ4n) is 4.94. The van der Waals surface area contributed by atoms with E-state index in [0.717, 1.165) is 31.2 Å². The summed E-state index contributed by atoms with van der Waals surface area (Å²) in [6.45, 7) is 7.19. The normalized spacial score (nSPS) is 29.5. The third kappa shape index (κ3) is 5.76. The zero-order chi connectivity index (χ0) is 17.3. The van der Waals surface area contributed by atoms with E-state index in [9.17, 15) is 5.26 Å². The van der Waals surface area contributed by atoms with Crippen LogP contribution in [0.15, 0.2) is 0 Å². The summed E-state index contributed by atoms with van der Waals surface area (Å²) in [6, 6.07) is 3.49. The molecule has 1 aliphatic carbocycles. The van der Waals surface area contributed by atoms with Gasteiger partial charge in [-0.25, -0.2) is 0 Å². The monoisotopic (exact) mass is 332 g/mol. The number of nitrogens with zero attached hydrogens (tertiary/aromatic N) is 2. The molecular weight excluding hydrogens is 292 g/mol. The van der Waals surface area contributed by atoms with Crippen molar-refractivity contribution in [2.45, 2.75) is 110 Å². The molecule has 1 saturated carbocycles. The number of unbranched alkanes of at least 4 members (excludes halogenated alkanes) is 4. The predicted octanol–water partition coefficient (Wildman–Crippen LogP) is 6.31. The highest BCUT2D eigenvalue weighted by atomic mass is 15.2. The van der Waals surface area contributed by atoms with Gasteiger partial charge in [0.15, 0.2) is 0 Å². The van der Waals surface area contributed by atoms with Crippen LogP contribution in [0, 0.1) is 22.7 Å². The molecule has 0 amide bonds. The molecule has 0 radical (unpaired) electrons. The van der Waals surface area contributed by atoms with Gasteiger partial charge in [0.25, 0.3) is 0 Å². The van der Waals surface area contributed by atoms with Crippen molar-refractivity contribution in [3.63, 3.8) is 0 Å². The van der Waals surface area contributed by atoms with Crippen LogP contribution in [-0.4, -0.2) is 24.0 Å². The molecule has 0 spiro atoms. The molecule has 1 heterocycles. The summed E-state index contributed by atoms with van der Waals surface area (Å²) in [6.07, 6.45) is 18.3.